The third kappa shape index (κ3) is 4.83. The van der Waals surface area contributed by atoms with E-state index in [1.807, 2.05) is 0 Å². The van der Waals surface area contributed by atoms with Gasteiger partial charge in [0.15, 0.2) is 11.2 Å². The molecular weight excluding hydrogens is 466 g/mol. The molecular formula is C26H29N3O5S. The van der Waals surface area contributed by atoms with Gasteiger partial charge in [-0.2, -0.15) is 4.31 Å². The van der Waals surface area contributed by atoms with Crippen LogP contribution in [-0.4, -0.2) is 44.8 Å². The number of carbonyl (C=O) groups excluding carboxylic acids is 1. The van der Waals surface area contributed by atoms with Gasteiger partial charge >= 0.3 is 0 Å². The first-order valence-corrected chi connectivity index (χ1v) is 13.6. The lowest BCUT2D eigenvalue weighted by molar-refractivity contribution is 0.0997. The molecule has 9 heteroatoms. The Bertz CT molecular complexity index is 1400. The molecule has 0 unspecified atom stereocenters. The molecule has 0 aliphatic carbocycles. The van der Waals surface area contributed by atoms with E-state index < -0.39 is 15.9 Å². The number of hydrogen-bond acceptors (Lipinski definition) is 6. The van der Waals surface area contributed by atoms with Crippen molar-refractivity contribution in [1.82, 2.24) is 4.31 Å². The molecule has 3 heterocycles. The number of hydrogen-bond donors (Lipinski definition) is 1. The van der Waals surface area contributed by atoms with Crippen molar-refractivity contribution in [3.05, 3.63) is 64.5 Å². The number of nitrogens with one attached hydrogen (secondary N) is 1. The van der Waals surface area contributed by atoms with E-state index in [4.69, 9.17) is 4.42 Å². The topological polar surface area (TPSA) is 99.9 Å². The van der Waals surface area contributed by atoms with E-state index in [1.54, 1.807) is 36.4 Å². The normalized spacial score (nSPS) is 17.4. The second kappa shape index (κ2) is 9.83. The van der Waals surface area contributed by atoms with Crippen LogP contribution in [0.2, 0.25) is 0 Å². The zero-order chi connectivity index (χ0) is 24.4. The SMILES string of the molecule is O=C(Nc1cc(S(=O)(=O)N2CCCCC2)ccc1N1CCCCC1)c1cc(=O)c2ccccc2o1. The minimum atomic E-state index is -3.68. The van der Waals surface area contributed by atoms with Crippen molar-refractivity contribution < 1.29 is 17.6 Å². The molecule has 0 radical (unpaired) electrons. The largest absolute Gasteiger partial charge is 0.451 e. The van der Waals surface area contributed by atoms with Gasteiger partial charge in [-0.1, -0.05) is 18.6 Å². The lowest BCUT2D eigenvalue weighted by Crippen LogP contribution is -2.36. The average Bonchev–Trinajstić information content (AvgIpc) is 2.89. The molecule has 2 saturated heterocycles. The van der Waals surface area contributed by atoms with Crippen molar-refractivity contribution in [3.63, 3.8) is 0 Å². The van der Waals surface area contributed by atoms with Crippen molar-refractivity contribution in [1.29, 1.82) is 0 Å². The Labute approximate surface area is 204 Å². The predicted octanol–water partition coefficient (Wildman–Crippen LogP) is 4.21. The van der Waals surface area contributed by atoms with E-state index >= 15 is 0 Å². The van der Waals surface area contributed by atoms with E-state index in [0.29, 0.717) is 29.7 Å². The molecule has 35 heavy (non-hydrogen) atoms. The number of sulfonamides is 1. The second-order valence-corrected chi connectivity index (χ2v) is 11.1. The molecule has 2 aliphatic rings. The van der Waals surface area contributed by atoms with E-state index in [1.165, 1.54) is 16.4 Å². The van der Waals surface area contributed by atoms with Crippen molar-refractivity contribution in [3.8, 4) is 0 Å². The number of para-hydroxylation sites is 1. The van der Waals surface area contributed by atoms with Crippen molar-refractivity contribution in [2.24, 2.45) is 0 Å². The highest BCUT2D eigenvalue weighted by Crippen LogP contribution is 2.33. The third-order valence-electron chi connectivity index (χ3n) is 6.72. The Morgan fingerprint density at radius 1 is 0.857 bits per heavy atom. The molecule has 3 aromatic rings. The summed E-state index contributed by atoms with van der Waals surface area (Å²) in [5.74, 6) is -0.721. The summed E-state index contributed by atoms with van der Waals surface area (Å²) in [4.78, 5) is 28.0. The molecule has 0 bridgehead atoms. The van der Waals surface area contributed by atoms with Gasteiger partial charge in [-0.25, -0.2) is 8.42 Å². The minimum Gasteiger partial charge on any atom is -0.451 e. The number of piperidine rings is 2. The highest BCUT2D eigenvalue weighted by molar-refractivity contribution is 7.89. The number of anilines is 2. The second-order valence-electron chi connectivity index (χ2n) is 9.12. The van der Waals surface area contributed by atoms with Crippen LogP contribution in [0.3, 0.4) is 0 Å². The van der Waals surface area contributed by atoms with Crippen LogP contribution in [0.5, 0.6) is 0 Å². The lowest BCUT2D eigenvalue weighted by Gasteiger charge is -2.31. The molecule has 1 N–H and O–H groups in total. The van der Waals surface area contributed by atoms with Gasteiger partial charge in [-0.3, -0.25) is 9.59 Å². The predicted molar refractivity (Wildman–Crippen MR) is 136 cm³/mol. The van der Waals surface area contributed by atoms with Gasteiger partial charge < -0.3 is 14.6 Å². The van der Waals surface area contributed by atoms with E-state index in [0.717, 1.165) is 57.3 Å². The lowest BCUT2D eigenvalue weighted by atomic mass is 10.1. The maximum absolute atomic E-state index is 13.3. The molecule has 184 valence electrons. The quantitative estimate of drug-likeness (QED) is 0.569. The number of nitrogens with zero attached hydrogens (tertiary/aromatic N) is 2. The Kier molecular flexibility index (Phi) is 6.62. The van der Waals surface area contributed by atoms with Crippen LogP contribution >= 0.6 is 0 Å². The van der Waals surface area contributed by atoms with Gasteiger partial charge in [-0.15, -0.1) is 0 Å². The average molecular weight is 496 g/mol. The third-order valence-corrected chi connectivity index (χ3v) is 8.62. The highest BCUT2D eigenvalue weighted by Gasteiger charge is 2.28. The van der Waals surface area contributed by atoms with Gasteiger partial charge in [0.05, 0.1) is 21.7 Å². The first kappa shape index (κ1) is 23.6. The molecule has 2 aliphatic heterocycles. The minimum absolute atomic E-state index is 0.123. The Morgan fingerprint density at radius 3 is 2.29 bits per heavy atom. The maximum Gasteiger partial charge on any atom is 0.291 e. The van der Waals surface area contributed by atoms with Crippen LogP contribution in [0.25, 0.3) is 11.0 Å². The zero-order valence-electron chi connectivity index (χ0n) is 19.5. The summed E-state index contributed by atoms with van der Waals surface area (Å²) in [6, 6.07) is 12.9. The Morgan fingerprint density at radius 2 is 1.54 bits per heavy atom. The van der Waals surface area contributed by atoms with Gasteiger partial charge in [0, 0.05) is 32.2 Å². The van der Waals surface area contributed by atoms with Gasteiger partial charge in [-0.05, 0) is 62.4 Å². The van der Waals surface area contributed by atoms with Crippen molar-refractivity contribution in [2.75, 3.05) is 36.4 Å². The molecule has 1 aromatic heterocycles. The first-order chi connectivity index (χ1) is 16.9. The van der Waals surface area contributed by atoms with Crippen LogP contribution in [0.15, 0.2) is 62.6 Å². The highest BCUT2D eigenvalue weighted by atomic mass is 32.2. The smallest absolute Gasteiger partial charge is 0.291 e. The molecule has 1 amide bonds. The first-order valence-electron chi connectivity index (χ1n) is 12.2. The number of rotatable bonds is 5. The summed E-state index contributed by atoms with van der Waals surface area (Å²) < 4.78 is 33.8. The number of fused-ring (bicyclic) bond motifs is 1. The van der Waals surface area contributed by atoms with Gasteiger partial charge in [0.1, 0.15) is 5.58 Å². The maximum atomic E-state index is 13.3. The van der Waals surface area contributed by atoms with Crippen molar-refractivity contribution in [2.45, 2.75) is 43.4 Å². The zero-order valence-corrected chi connectivity index (χ0v) is 20.4. The van der Waals surface area contributed by atoms with Gasteiger partial charge in [0.25, 0.3) is 5.91 Å². The molecule has 5 rings (SSSR count). The molecule has 0 atom stereocenters. The monoisotopic (exact) mass is 495 g/mol. The summed E-state index contributed by atoms with van der Waals surface area (Å²) >= 11 is 0. The van der Waals surface area contributed by atoms with Crippen LogP contribution in [0.4, 0.5) is 11.4 Å². The fraction of sp³-hybridized carbons (Fsp3) is 0.385. The number of benzene rings is 2. The molecule has 0 saturated carbocycles. The standard InChI is InChI=1S/C26H29N3O5S/c30-23-18-25(34-24-10-4-3-9-20(23)24)26(31)27-21-17-19(35(32,33)29-15-7-2-8-16-29)11-12-22(21)28-13-5-1-6-14-28/h3-4,9-12,17-18H,1-2,5-8,13-16H2,(H,27,31). The van der Waals surface area contributed by atoms with Crippen LogP contribution in [0, 0.1) is 0 Å². The Hall–Kier alpha value is -3.17. The summed E-state index contributed by atoms with van der Waals surface area (Å²) in [5.41, 5.74) is 1.17. The summed E-state index contributed by atoms with van der Waals surface area (Å²) in [6.07, 6.45) is 5.91. The Balaban J connectivity index is 1.51. The number of amides is 1. The van der Waals surface area contributed by atoms with Gasteiger partial charge in [0.2, 0.25) is 10.0 Å². The fourth-order valence-electron chi connectivity index (χ4n) is 4.84. The number of carbonyl (C=O) groups is 1. The van der Waals surface area contributed by atoms with Crippen LogP contribution in [-0.2, 0) is 10.0 Å². The summed E-state index contributed by atoms with van der Waals surface area (Å²) in [5, 5.41) is 3.23. The summed E-state index contributed by atoms with van der Waals surface area (Å²) in [6.45, 7) is 2.65. The molecule has 2 aromatic carbocycles. The molecule has 2 fully saturated rings. The van der Waals surface area contributed by atoms with Crippen molar-refractivity contribution >= 4 is 38.3 Å². The molecule has 8 nitrogen and oxygen atoms in total. The van der Waals surface area contributed by atoms with E-state index in [9.17, 15) is 18.0 Å². The molecule has 0 spiro atoms. The van der Waals surface area contributed by atoms with E-state index in [2.05, 4.69) is 10.2 Å². The van der Waals surface area contributed by atoms with Crippen LogP contribution in [0.1, 0.15) is 49.1 Å². The summed E-state index contributed by atoms with van der Waals surface area (Å²) in [7, 11) is -3.68. The fourth-order valence-corrected chi connectivity index (χ4v) is 6.38. The van der Waals surface area contributed by atoms with E-state index in [-0.39, 0.29) is 16.1 Å². The van der Waals surface area contributed by atoms with Crippen LogP contribution < -0.4 is 15.6 Å².